The number of nitrogens with one attached hydrogen (secondary N) is 1. The third-order valence-corrected chi connectivity index (χ3v) is 5.08. The molecule has 2 rings (SSSR count). The van der Waals surface area contributed by atoms with E-state index in [0.717, 1.165) is 11.2 Å². The zero-order valence-corrected chi connectivity index (χ0v) is 11.9. The lowest BCUT2D eigenvalue weighted by Crippen LogP contribution is -2.31. The molecule has 0 saturated heterocycles. The van der Waals surface area contributed by atoms with Gasteiger partial charge in [0.25, 0.3) is 0 Å². The molecule has 1 aromatic rings. The van der Waals surface area contributed by atoms with Crippen LogP contribution in [0.5, 0.6) is 0 Å². The summed E-state index contributed by atoms with van der Waals surface area (Å²) in [5, 5.41) is 4.23. The lowest BCUT2D eigenvalue weighted by Gasteiger charge is -2.21. The maximum absolute atomic E-state index is 3.44. The highest BCUT2D eigenvalue weighted by atomic mass is 32.2. The zero-order chi connectivity index (χ0) is 12.3. The van der Waals surface area contributed by atoms with E-state index < -0.39 is 0 Å². The van der Waals surface area contributed by atoms with Crippen molar-refractivity contribution in [3.05, 3.63) is 29.8 Å². The first-order chi connectivity index (χ1) is 8.20. The molecule has 0 fully saturated rings. The molecule has 0 saturated carbocycles. The van der Waals surface area contributed by atoms with Crippen LogP contribution < -0.4 is 5.32 Å². The first kappa shape index (κ1) is 13.0. The van der Waals surface area contributed by atoms with E-state index >= 15 is 0 Å². The predicted molar refractivity (Wildman–Crippen MR) is 76.7 cm³/mol. The molecule has 0 amide bonds. The van der Waals surface area contributed by atoms with E-state index in [1.54, 1.807) is 5.56 Å². The van der Waals surface area contributed by atoms with Crippen LogP contribution in [-0.4, -0.2) is 18.3 Å². The van der Waals surface area contributed by atoms with Gasteiger partial charge in [0.1, 0.15) is 0 Å². The summed E-state index contributed by atoms with van der Waals surface area (Å²) < 4.78 is 0. The van der Waals surface area contributed by atoms with E-state index in [1.807, 2.05) is 0 Å². The van der Waals surface area contributed by atoms with Crippen molar-refractivity contribution < 1.29 is 0 Å². The Kier molecular flexibility index (Phi) is 4.52. The molecule has 1 nitrogen and oxygen atoms in total. The van der Waals surface area contributed by atoms with Crippen LogP contribution >= 0.6 is 11.8 Å². The molecule has 1 aromatic carbocycles. The van der Waals surface area contributed by atoms with Crippen molar-refractivity contribution in [1.82, 2.24) is 5.32 Å². The lowest BCUT2D eigenvalue weighted by atomic mass is 9.97. The van der Waals surface area contributed by atoms with E-state index in [0.29, 0.717) is 6.04 Å². The summed E-state index contributed by atoms with van der Waals surface area (Å²) in [6.45, 7) is 4.61. The van der Waals surface area contributed by atoms with Crippen LogP contribution in [0.1, 0.15) is 32.3 Å². The van der Waals surface area contributed by atoms with Gasteiger partial charge in [0, 0.05) is 16.2 Å². The molecule has 1 aliphatic heterocycles. The standard InChI is InChI=1S/C15H23NS/c1-11(2)14(16-3)9-8-13-10-12-6-4-5-7-15(12)17-13/h4-7,11,13-14,16H,8-10H2,1-3H3. The van der Waals surface area contributed by atoms with Crippen LogP contribution in [-0.2, 0) is 6.42 Å². The summed E-state index contributed by atoms with van der Waals surface area (Å²) >= 11 is 2.07. The van der Waals surface area contributed by atoms with E-state index in [-0.39, 0.29) is 0 Å². The minimum absolute atomic E-state index is 0.666. The molecule has 2 heteroatoms. The molecule has 94 valence electrons. The Morgan fingerprint density at radius 2 is 2.12 bits per heavy atom. The van der Waals surface area contributed by atoms with Gasteiger partial charge in [-0.1, -0.05) is 32.0 Å². The molecule has 0 aliphatic carbocycles. The van der Waals surface area contributed by atoms with E-state index in [1.165, 1.54) is 24.2 Å². The van der Waals surface area contributed by atoms with Gasteiger partial charge in [0.15, 0.2) is 0 Å². The average Bonchev–Trinajstić information content (AvgIpc) is 2.71. The number of thioether (sulfide) groups is 1. The Labute approximate surface area is 109 Å². The fourth-order valence-corrected chi connectivity index (χ4v) is 3.93. The number of rotatable bonds is 5. The SMILES string of the molecule is CNC(CCC1Cc2ccccc2S1)C(C)C. The molecule has 0 radical (unpaired) electrons. The molecular formula is C15H23NS. The van der Waals surface area contributed by atoms with Crippen LogP contribution in [0.25, 0.3) is 0 Å². The summed E-state index contributed by atoms with van der Waals surface area (Å²) in [4.78, 5) is 1.50. The largest absolute Gasteiger partial charge is 0.317 e. The van der Waals surface area contributed by atoms with E-state index in [4.69, 9.17) is 0 Å². The van der Waals surface area contributed by atoms with Gasteiger partial charge in [0.05, 0.1) is 0 Å². The fraction of sp³-hybridized carbons (Fsp3) is 0.600. The third kappa shape index (κ3) is 3.26. The molecular weight excluding hydrogens is 226 g/mol. The molecule has 1 heterocycles. The quantitative estimate of drug-likeness (QED) is 0.853. The van der Waals surface area contributed by atoms with Gasteiger partial charge in [-0.25, -0.2) is 0 Å². The molecule has 2 atom stereocenters. The van der Waals surface area contributed by atoms with Gasteiger partial charge in [-0.3, -0.25) is 0 Å². The van der Waals surface area contributed by atoms with Crippen molar-refractivity contribution in [2.45, 2.75) is 49.3 Å². The van der Waals surface area contributed by atoms with Gasteiger partial charge in [0.2, 0.25) is 0 Å². The average molecular weight is 249 g/mol. The van der Waals surface area contributed by atoms with Crippen molar-refractivity contribution in [1.29, 1.82) is 0 Å². The van der Waals surface area contributed by atoms with Crippen molar-refractivity contribution in [2.24, 2.45) is 5.92 Å². The number of benzene rings is 1. The monoisotopic (exact) mass is 249 g/mol. The van der Waals surface area contributed by atoms with Crippen molar-refractivity contribution in [3.8, 4) is 0 Å². The van der Waals surface area contributed by atoms with Crippen LogP contribution in [0.2, 0.25) is 0 Å². The minimum atomic E-state index is 0.666. The van der Waals surface area contributed by atoms with Crippen LogP contribution in [0, 0.1) is 5.92 Å². The topological polar surface area (TPSA) is 12.0 Å². The first-order valence-corrected chi connectivity index (χ1v) is 7.50. The normalized spacial score (nSPS) is 20.6. The van der Waals surface area contributed by atoms with Crippen molar-refractivity contribution in [3.63, 3.8) is 0 Å². The molecule has 17 heavy (non-hydrogen) atoms. The van der Waals surface area contributed by atoms with Gasteiger partial charge >= 0.3 is 0 Å². The van der Waals surface area contributed by atoms with Gasteiger partial charge in [-0.2, -0.15) is 0 Å². The fourth-order valence-electron chi connectivity index (χ4n) is 2.59. The third-order valence-electron chi connectivity index (χ3n) is 3.69. The highest BCUT2D eigenvalue weighted by Crippen LogP contribution is 2.39. The van der Waals surface area contributed by atoms with Crippen LogP contribution in [0.15, 0.2) is 29.2 Å². The summed E-state index contributed by atoms with van der Waals surface area (Å²) in [6, 6.07) is 9.52. The minimum Gasteiger partial charge on any atom is -0.317 e. The van der Waals surface area contributed by atoms with Gasteiger partial charge in [-0.05, 0) is 43.9 Å². The Bertz CT molecular complexity index is 337. The highest BCUT2D eigenvalue weighted by molar-refractivity contribution is 8.00. The summed E-state index contributed by atoms with van der Waals surface area (Å²) in [7, 11) is 2.08. The maximum atomic E-state index is 3.44. The molecule has 0 bridgehead atoms. The Morgan fingerprint density at radius 3 is 2.76 bits per heavy atom. The molecule has 0 aromatic heterocycles. The smallest absolute Gasteiger partial charge is 0.0136 e. The Morgan fingerprint density at radius 1 is 1.35 bits per heavy atom. The second-order valence-electron chi connectivity index (χ2n) is 5.27. The summed E-state index contributed by atoms with van der Waals surface area (Å²) in [5.74, 6) is 0.730. The molecule has 1 aliphatic rings. The number of fused-ring (bicyclic) bond motifs is 1. The molecule has 2 unspecified atom stereocenters. The molecule has 1 N–H and O–H groups in total. The number of hydrogen-bond acceptors (Lipinski definition) is 2. The van der Waals surface area contributed by atoms with Crippen molar-refractivity contribution in [2.75, 3.05) is 7.05 Å². The second kappa shape index (κ2) is 5.92. The van der Waals surface area contributed by atoms with Crippen LogP contribution in [0.3, 0.4) is 0 Å². The highest BCUT2D eigenvalue weighted by Gasteiger charge is 2.22. The van der Waals surface area contributed by atoms with Crippen molar-refractivity contribution >= 4 is 11.8 Å². The second-order valence-corrected chi connectivity index (χ2v) is 6.61. The lowest BCUT2D eigenvalue weighted by molar-refractivity contribution is 0.392. The maximum Gasteiger partial charge on any atom is 0.0136 e. The Hall–Kier alpha value is -0.470. The van der Waals surface area contributed by atoms with E-state index in [2.05, 4.69) is 62.2 Å². The Balaban J connectivity index is 1.84. The zero-order valence-electron chi connectivity index (χ0n) is 11.1. The molecule has 0 spiro atoms. The summed E-state index contributed by atoms with van der Waals surface area (Å²) in [5.41, 5.74) is 1.55. The van der Waals surface area contributed by atoms with E-state index in [9.17, 15) is 0 Å². The summed E-state index contributed by atoms with van der Waals surface area (Å²) in [6.07, 6.45) is 3.87. The predicted octanol–water partition coefficient (Wildman–Crippen LogP) is 3.73. The van der Waals surface area contributed by atoms with Crippen LogP contribution in [0.4, 0.5) is 0 Å². The van der Waals surface area contributed by atoms with Gasteiger partial charge < -0.3 is 5.32 Å². The first-order valence-electron chi connectivity index (χ1n) is 6.62. The number of hydrogen-bond donors (Lipinski definition) is 1. The van der Waals surface area contributed by atoms with Gasteiger partial charge in [-0.15, -0.1) is 11.8 Å².